The number of hydrogen-bond donors (Lipinski definition) is 1. The number of aryl methyl sites for hydroxylation is 2. The number of nitrogens with one attached hydrogen (secondary N) is 1. The molecule has 0 radical (unpaired) electrons. The first-order chi connectivity index (χ1) is 14.5. The van der Waals surface area contributed by atoms with Crippen molar-refractivity contribution in [2.45, 2.75) is 20.3 Å². The van der Waals surface area contributed by atoms with Crippen LogP contribution in [-0.2, 0) is 0 Å². The van der Waals surface area contributed by atoms with Crippen LogP contribution >= 0.6 is 0 Å². The van der Waals surface area contributed by atoms with Crippen LogP contribution in [0.25, 0.3) is 0 Å². The lowest BCUT2D eigenvalue weighted by Crippen LogP contribution is -2.12. The molecule has 0 aliphatic carbocycles. The van der Waals surface area contributed by atoms with Gasteiger partial charge in [-0.15, -0.1) is 0 Å². The van der Waals surface area contributed by atoms with Gasteiger partial charge in [0.2, 0.25) is 0 Å². The molecule has 0 atom stereocenters. The van der Waals surface area contributed by atoms with Gasteiger partial charge in [0.1, 0.15) is 17.2 Å². The molecule has 0 bridgehead atoms. The van der Waals surface area contributed by atoms with Crippen LogP contribution in [0.5, 0.6) is 17.2 Å². The Labute approximate surface area is 177 Å². The zero-order chi connectivity index (χ0) is 21.3. The fraction of sp³-hybridized carbons (Fsp3) is 0.240. The lowest BCUT2D eigenvalue weighted by atomic mass is 10.1. The maximum atomic E-state index is 12.5. The molecule has 30 heavy (non-hydrogen) atoms. The summed E-state index contributed by atoms with van der Waals surface area (Å²) in [6.07, 6.45) is 0.767. The molecule has 1 N–H and O–H groups in total. The van der Waals surface area contributed by atoms with E-state index in [-0.39, 0.29) is 5.91 Å². The number of hydrogen-bond acceptors (Lipinski definition) is 4. The van der Waals surface area contributed by atoms with Gasteiger partial charge in [0.15, 0.2) is 0 Å². The fourth-order valence-corrected chi connectivity index (χ4v) is 2.96. The van der Waals surface area contributed by atoms with E-state index < -0.39 is 0 Å². The standard InChI is InChI=1S/C25H27NO4/c1-18-6-4-7-22(16-18)30-15-5-14-29-21-11-9-20(10-12-21)25(27)26-23-17-19(2)8-13-24(23)28-3/h4,6-13,16-17H,5,14-15H2,1-3H3,(H,26,27). The second-order valence-electron chi connectivity index (χ2n) is 7.05. The van der Waals surface area contributed by atoms with Gasteiger partial charge in [0, 0.05) is 12.0 Å². The molecule has 0 unspecified atom stereocenters. The highest BCUT2D eigenvalue weighted by molar-refractivity contribution is 6.05. The molecular formula is C25H27NO4. The van der Waals surface area contributed by atoms with Crippen LogP contribution in [0.1, 0.15) is 27.9 Å². The van der Waals surface area contributed by atoms with E-state index in [0.717, 1.165) is 23.5 Å². The van der Waals surface area contributed by atoms with Crippen molar-refractivity contribution in [3.63, 3.8) is 0 Å². The monoisotopic (exact) mass is 405 g/mol. The van der Waals surface area contributed by atoms with Gasteiger partial charge in [-0.1, -0.05) is 18.2 Å². The van der Waals surface area contributed by atoms with Crippen molar-refractivity contribution in [3.05, 3.63) is 83.4 Å². The third-order valence-corrected chi connectivity index (χ3v) is 4.54. The van der Waals surface area contributed by atoms with E-state index in [4.69, 9.17) is 14.2 Å². The third-order valence-electron chi connectivity index (χ3n) is 4.54. The molecule has 0 fully saturated rings. The first-order valence-electron chi connectivity index (χ1n) is 9.93. The molecule has 0 aliphatic heterocycles. The first-order valence-corrected chi connectivity index (χ1v) is 9.93. The molecule has 0 saturated carbocycles. The van der Waals surface area contributed by atoms with E-state index in [0.29, 0.717) is 30.2 Å². The van der Waals surface area contributed by atoms with Crippen LogP contribution in [0.2, 0.25) is 0 Å². The molecule has 0 heterocycles. The van der Waals surface area contributed by atoms with Crippen LogP contribution in [-0.4, -0.2) is 26.2 Å². The summed E-state index contributed by atoms with van der Waals surface area (Å²) in [6.45, 7) is 5.13. The Bertz CT molecular complexity index is 983. The van der Waals surface area contributed by atoms with Crippen molar-refractivity contribution in [2.75, 3.05) is 25.6 Å². The summed E-state index contributed by atoms with van der Waals surface area (Å²) in [6, 6.07) is 20.7. The molecule has 5 heteroatoms. The fourth-order valence-electron chi connectivity index (χ4n) is 2.96. The Balaban J connectivity index is 1.46. The Morgan fingerprint density at radius 2 is 1.53 bits per heavy atom. The molecule has 156 valence electrons. The summed E-state index contributed by atoms with van der Waals surface area (Å²) in [5.41, 5.74) is 3.42. The van der Waals surface area contributed by atoms with Crippen molar-refractivity contribution in [1.29, 1.82) is 0 Å². The van der Waals surface area contributed by atoms with Gasteiger partial charge in [-0.3, -0.25) is 4.79 Å². The zero-order valence-corrected chi connectivity index (χ0v) is 17.6. The van der Waals surface area contributed by atoms with Crippen LogP contribution in [0, 0.1) is 13.8 Å². The van der Waals surface area contributed by atoms with Crippen molar-refractivity contribution >= 4 is 11.6 Å². The maximum Gasteiger partial charge on any atom is 0.255 e. The predicted molar refractivity (Wildman–Crippen MR) is 119 cm³/mol. The molecule has 5 nitrogen and oxygen atoms in total. The number of benzene rings is 3. The summed E-state index contributed by atoms with van der Waals surface area (Å²) in [4.78, 5) is 12.5. The number of rotatable bonds is 9. The summed E-state index contributed by atoms with van der Waals surface area (Å²) < 4.78 is 16.8. The molecule has 0 aromatic heterocycles. The van der Waals surface area contributed by atoms with E-state index in [1.807, 2.05) is 56.3 Å². The largest absolute Gasteiger partial charge is 0.495 e. The Hall–Kier alpha value is -3.47. The van der Waals surface area contributed by atoms with E-state index in [1.165, 1.54) is 5.56 Å². The average molecular weight is 405 g/mol. The molecule has 3 aromatic carbocycles. The highest BCUT2D eigenvalue weighted by Crippen LogP contribution is 2.26. The van der Waals surface area contributed by atoms with Gasteiger partial charge in [0.05, 0.1) is 26.0 Å². The minimum Gasteiger partial charge on any atom is -0.495 e. The summed E-state index contributed by atoms with van der Waals surface area (Å²) in [5, 5.41) is 2.90. The van der Waals surface area contributed by atoms with Gasteiger partial charge >= 0.3 is 0 Å². The lowest BCUT2D eigenvalue weighted by molar-refractivity contribution is 0.102. The van der Waals surface area contributed by atoms with E-state index in [9.17, 15) is 4.79 Å². The molecule has 3 rings (SSSR count). The van der Waals surface area contributed by atoms with Crippen LogP contribution in [0.3, 0.4) is 0 Å². The van der Waals surface area contributed by atoms with Crippen molar-refractivity contribution < 1.29 is 19.0 Å². The number of anilines is 1. The second-order valence-corrected chi connectivity index (χ2v) is 7.05. The van der Waals surface area contributed by atoms with Gasteiger partial charge in [-0.25, -0.2) is 0 Å². The minimum atomic E-state index is -0.197. The molecule has 3 aromatic rings. The summed E-state index contributed by atoms with van der Waals surface area (Å²) in [5.74, 6) is 2.02. The Kier molecular flexibility index (Phi) is 7.33. The average Bonchev–Trinajstić information content (AvgIpc) is 2.74. The van der Waals surface area contributed by atoms with E-state index in [1.54, 1.807) is 31.4 Å². The first kappa shape index (κ1) is 21.2. The van der Waals surface area contributed by atoms with Crippen LogP contribution in [0.15, 0.2) is 66.7 Å². The molecule has 0 spiro atoms. The van der Waals surface area contributed by atoms with Gasteiger partial charge < -0.3 is 19.5 Å². The molecule has 1 amide bonds. The number of amides is 1. The minimum absolute atomic E-state index is 0.197. The quantitative estimate of drug-likeness (QED) is 0.484. The van der Waals surface area contributed by atoms with E-state index in [2.05, 4.69) is 5.32 Å². The zero-order valence-electron chi connectivity index (χ0n) is 17.6. The lowest BCUT2D eigenvalue weighted by Gasteiger charge is -2.12. The van der Waals surface area contributed by atoms with Crippen molar-refractivity contribution in [3.8, 4) is 17.2 Å². The van der Waals surface area contributed by atoms with Gasteiger partial charge in [-0.05, 0) is 73.5 Å². The number of carbonyl (C=O) groups excluding carboxylic acids is 1. The molecule has 0 aliphatic rings. The summed E-state index contributed by atoms with van der Waals surface area (Å²) >= 11 is 0. The molecular weight excluding hydrogens is 378 g/mol. The van der Waals surface area contributed by atoms with Crippen molar-refractivity contribution in [1.82, 2.24) is 0 Å². The smallest absolute Gasteiger partial charge is 0.255 e. The highest BCUT2D eigenvalue weighted by atomic mass is 16.5. The SMILES string of the molecule is COc1ccc(C)cc1NC(=O)c1ccc(OCCCOc2cccc(C)c2)cc1. The van der Waals surface area contributed by atoms with Gasteiger partial charge in [-0.2, -0.15) is 0 Å². The van der Waals surface area contributed by atoms with Crippen LogP contribution < -0.4 is 19.5 Å². The number of carbonyl (C=O) groups is 1. The van der Waals surface area contributed by atoms with Gasteiger partial charge in [0.25, 0.3) is 5.91 Å². The maximum absolute atomic E-state index is 12.5. The summed E-state index contributed by atoms with van der Waals surface area (Å²) in [7, 11) is 1.58. The van der Waals surface area contributed by atoms with Crippen LogP contribution in [0.4, 0.5) is 5.69 Å². The molecule has 0 saturated heterocycles. The third kappa shape index (κ3) is 6.01. The Morgan fingerprint density at radius 3 is 2.23 bits per heavy atom. The number of methoxy groups -OCH3 is 1. The number of ether oxygens (including phenoxy) is 3. The van der Waals surface area contributed by atoms with E-state index >= 15 is 0 Å². The van der Waals surface area contributed by atoms with Crippen molar-refractivity contribution in [2.24, 2.45) is 0 Å². The highest BCUT2D eigenvalue weighted by Gasteiger charge is 2.10. The normalized spacial score (nSPS) is 10.4. The topological polar surface area (TPSA) is 56.8 Å². The Morgan fingerprint density at radius 1 is 0.833 bits per heavy atom. The second kappa shape index (κ2) is 10.3. The predicted octanol–water partition coefficient (Wildman–Crippen LogP) is 5.41.